The molecule has 0 radical (unpaired) electrons. The van der Waals surface area contributed by atoms with Crippen molar-refractivity contribution in [3.8, 4) is 0 Å². The van der Waals surface area contributed by atoms with Crippen molar-refractivity contribution in [2.75, 3.05) is 5.32 Å². The molecule has 0 saturated heterocycles. The first-order valence-electron chi connectivity index (χ1n) is 6.19. The number of alkyl halides is 1. The van der Waals surface area contributed by atoms with Crippen LogP contribution >= 0.6 is 15.9 Å². The number of carbonyl (C=O) groups excluding carboxylic acids is 1. The topological polar surface area (TPSA) is 29.1 Å². The summed E-state index contributed by atoms with van der Waals surface area (Å²) in [6, 6.07) is 15.4. The third kappa shape index (κ3) is 3.24. The van der Waals surface area contributed by atoms with Crippen LogP contribution in [0.25, 0.3) is 0 Å². The van der Waals surface area contributed by atoms with Gasteiger partial charge in [-0.05, 0) is 37.1 Å². The van der Waals surface area contributed by atoms with Gasteiger partial charge in [-0.2, -0.15) is 0 Å². The first-order valence-corrected chi connectivity index (χ1v) is 7.11. The maximum Gasteiger partial charge on any atom is 0.255 e. The Kier molecular flexibility index (Phi) is 4.38. The minimum Gasteiger partial charge on any atom is -0.322 e. The second kappa shape index (κ2) is 6.02. The van der Waals surface area contributed by atoms with Crippen molar-refractivity contribution in [3.63, 3.8) is 0 Å². The van der Waals surface area contributed by atoms with E-state index in [0.29, 0.717) is 5.56 Å². The van der Waals surface area contributed by atoms with Crippen LogP contribution in [-0.2, 0) is 0 Å². The third-order valence-electron chi connectivity index (χ3n) is 3.03. The Bertz CT molecular complexity index is 593. The molecule has 0 aliphatic carbocycles. The fourth-order valence-electron chi connectivity index (χ4n) is 1.98. The third-order valence-corrected chi connectivity index (χ3v) is 3.52. The van der Waals surface area contributed by atoms with E-state index in [1.54, 1.807) is 0 Å². The molecule has 0 aromatic heterocycles. The normalized spacial score (nSPS) is 11.9. The molecule has 19 heavy (non-hydrogen) atoms. The quantitative estimate of drug-likeness (QED) is 0.816. The number of para-hydroxylation sites is 1. The van der Waals surface area contributed by atoms with Crippen molar-refractivity contribution in [1.82, 2.24) is 0 Å². The van der Waals surface area contributed by atoms with Crippen molar-refractivity contribution >= 4 is 27.5 Å². The minimum atomic E-state index is -0.0706. The number of hydrogen-bond donors (Lipinski definition) is 1. The molecular formula is C16H16BrNO. The highest BCUT2D eigenvalue weighted by molar-refractivity contribution is 9.09. The van der Waals surface area contributed by atoms with E-state index in [-0.39, 0.29) is 10.7 Å². The smallest absolute Gasteiger partial charge is 0.255 e. The molecule has 2 rings (SSSR count). The molecule has 0 saturated carbocycles. The Hall–Kier alpha value is -1.61. The van der Waals surface area contributed by atoms with Gasteiger partial charge in [0.2, 0.25) is 0 Å². The van der Waals surface area contributed by atoms with Gasteiger partial charge in [0.15, 0.2) is 0 Å². The van der Waals surface area contributed by atoms with Crippen molar-refractivity contribution in [1.29, 1.82) is 0 Å². The number of benzene rings is 2. The zero-order valence-electron chi connectivity index (χ0n) is 11.0. The number of hydrogen-bond acceptors (Lipinski definition) is 1. The summed E-state index contributed by atoms with van der Waals surface area (Å²) in [7, 11) is 0. The Balaban J connectivity index is 2.27. The van der Waals surface area contributed by atoms with Crippen LogP contribution < -0.4 is 5.32 Å². The highest BCUT2D eigenvalue weighted by atomic mass is 79.9. The van der Waals surface area contributed by atoms with Gasteiger partial charge in [-0.1, -0.05) is 52.3 Å². The number of halogens is 1. The summed E-state index contributed by atoms with van der Waals surface area (Å²) in [6.45, 7) is 3.98. The Morgan fingerprint density at radius 3 is 2.42 bits per heavy atom. The van der Waals surface area contributed by atoms with E-state index in [2.05, 4.69) is 21.2 Å². The standard InChI is InChI=1S/C16H16BrNO/c1-11-7-3-4-8-13(11)16(19)18-15-10-6-5-9-14(15)12(2)17/h3-10,12H,1-2H3,(H,18,19). The second-order valence-corrected chi connectivity index (χ2v) is 5.85. The molecule has 0 spiro atoms. The van der Waals surface area contributed by atoms with Crippen LogP contribution in [0.5, 0.6) is 0 Å². The number of amides is 1. The summed E-state index contributed by atoms with van der Waals surface area (Å²) in [6.07, 6.45) is 0. The molecule has 2 nitrogen and oxygen atoms in total. The van der Waals surface area contributed by atoms with Crippen LogP contribution in [0.4, 0.5) is 5.69 Å². The molecule has 1 amide bonds. The molecule has 0 aliphatic rings. The molecule has 3 heteroatoms. The van der Waals surface area contributed by atoms with Crippen LogP contribution in [0.3, 0.4) is 0 Å². The maximum atomic E-state index is 12.3. The fourth-order valence-corrected chi connectivity index (χ4v) is 2.37. The van der Waals surface area contributed by atoms with Crippen molar-refractivity contribution < 1.29 is 4.79 Å². The summed E-state index contributed by atoms with van der Waals surface area (Å²) in [5, 5.41) is 2.98. The number of nitrogens with one attached hydrogen (secondary N) is 1. The average Bonchev–Trinajstić information content (AvgIpc) is 2.39. The second-order valence-electron chi connectivity index (χ2n) is 4.47. The number of aryl methyl sites for hydroxylation is 1. The van der Waals surface area contributed by atoms with Gasteiger partial charge in [0, 0.05) is 16.1 Å². The lowest BCUT2D eigenvalue weighted by Crippen LogP contribution is -2.14. The van der Waals surface area contributed by atoms with Crippen molar-refractivity contribution in [3.05, 3.63) is 65.2 Å². The number of anilines is 1. The van der Waals surface area contributed by atoms with Crippen LogP contribution in [0.2, 0.25) is 0 Å². The molecule has 0 fully saturated rings. The Morgan fingerprint density at radius 2 is 1.74 bits per heavy atom. The Morgan fingerprint density at radius 1 is 1.11 bits per heavy atom. The van der Waals surface area contributed by atoms with E-state index in [0.717, 1.165) is 16.8 Å². The van der Waals surface area contributed by atoms with E-state index >= 15 is 0 Å². The van der Waals surface area contributed by atoms with E-state index in [1.165, 1.54) is 0 Å². The number of rotatable bonds is 3. The summed E-state index contributed by atoms with van der Waals surface area (Å²) in [5.74, 6) is -0.0706. The van der Waals surface area contributed by atoms with E-state index in [1.807, 2.05) is 62.4 Å². The van der Waals surface area contributed by atoms with E-state index < -0.39 is 0 Å². The monoisotopic (exact) mass is 317 g/mol. The van der Waals surface area contributed by atoms with Gasteiger partial charge in [-0.25, -0.2) is 0 Å². The molecule has 1 unspecified atom stereocenters. The molecule has 1 atom stereocenters. The summed E-state index contributed by atoms with van der Waals surface area (Å²) >= 11 is 3.54. The van der Waals surface area contributed by atoms with Gasteiger partial charge < -0.3 is 5.32 Å². The van der Waals surface area contributed by atoms with Crippen LogP contribution in [0.15, 0.2) is 48.5 Å². The lowest BCUT2D eigenvalue weighted by Gasteiger charge is -2.13. The van der Waals surface area contributed by atoms with Gasteiger partial charge in [0.25, 0.3) is 5.91 Å². The summed E-state index contributed by atoms with van der Waals surface area (Å²) in [5.41, 5.74) is 3.61. The average molecular weight is 318 g/mol. The molecule has 98 valence electrons. The van der Waals surface area contributed by atoms with Gasteiger partial charge in [0.05, 0.1) is 0 Å². The summed E-state index contributed by atoms with van der Waals surface area (Å²) in [4.78, 5) is 12.5. The van der Waals surface area contributed by atoms with Gasteiger partial charge in [-0.15, -0.1) is 0 Å². The lowest BCUT2D eigenvalue weighted by molar-refractivity contribution is 0.102. The highest BCUT2D eigenvalue weighted by Crippen LogP contribution is 2.29. The van der Waals surface area contributed by atoms with Gasteiger partial charge in [0.1, 0.15) is 0 Å². The lowest BCUT2D eigenvalue weighted by atomic mass is 10.1. The first kappa shape index (κ1) is 13.8. The molecule has 2 aromatic rings. The Labute approximate surface area is 122 Å². The van der Waals surface area contributed by atoms with Crippen LogP contribution in [0, 0.1) is 6.92 Å². The summed E-state index contributed by atoms with van der Waals surface area (Å²) < 4.78 is 0. The zero-order valence-corrected chi connectivity index (χ0v) is 12.6. The molecule has 0 bridgehead atoms. The van der Waals surface area contributed by atoms with Crippen molar-refractivity contribution in [2.24, 2.45) is 0 Å². The molecule has 0 aliphatic heterocycles. The molecule has 1 N–H and O–H groups in total. The van der Waals surface area contributed by atoms with Gasteiger partial charge in [-0.3, -0.25) is 4.79 Å². The molecular weight excluding hydrogens is 302 g/mol. The van der Waals surface area contributed by atoms with E-state index in [4.69, 9.17) is 0 Å². The fraction of sp³-hybridized carbons (Fsp3) is 0.188. The largest absolute Gasteiger partial charge is 0.322 e. The predicted octanol–water partition coefficient (Wildman–Crippen LogP) is 4.70. The maximum absolute atomic E-state index is 12.3. The first-order chi connectivity index (χ1) is 9.09. The highest BCUT2D eigenvalue weighted by Gasteiger charge is 2.12. The van der Waals surface area contributed by atoms with Crippen LogP contribution in [0.1, 0.15) is 33.2 Å². The van der Waals surface area contributed by atoms with E-state index in [9.17, 15) is 4.79 Å². The predicted molar refractivity (Wildman–Crippen MR) is 82.9 cm³/mol. The molecule has 2 aromatic carbocycles. The minimum absolute atomic E-state index is 0.0706. The van der Waals surface area contributed by atoms with Gasteiger partial charge >= 0.3 is 0 Å². The molecule has 0 heterocycles. The SMILES string of the molecule is Cc1ccccc1C(=O)Nc1ccccc1C(C)Br. The van der Waals surface area contributed by atoms with Crippen LogP contribution in [-0.4, -0.2) is 5.91 Å². The zero-order chi connectivity index (χ0) is 13.8. The van der Waals surface area contributed by atoms with Crippen molar-refractivity contribution in [2.45, 2.75) is 18.7 Å². The number of carbonyl (C=O) groups is 1.